The SMILES string of the molecule is Cn1cc(CNCC2(C)CCOCC2)nn1. The van der Waals surface area contributed by atoms with E-state index >= 15 is 0 Å². The van der Waals surface area contributed by atoms with Crippen LogP contribution in [0.4, 0.5) is 0 Å². The van der Waals surface area contributed by atoms with Gasteiger partial charge in [0.25, 0.3) is 0 Å². The number of rotatable bonds is 4. The summed E-state index contributed by atoms with van der Waals surface area (Å²) >= 11 is 0. The molecule has 90 valence electrons. The minimum Gasteiger partial charge on any atom is -0.381 e. The Balaban J connectivity index is 1.74. The van der Waals surface area contributed by atoms with Gasteiger partial charge in [-0.3, -0.25) is 4.68 Å². The van der Waals surface area contributed by atoms with Crippen LogP contribution in [0.2, 0.25) is 0 Å². The highest BCUT2D eigenvalue weighted by molar-refractivity contribution is 4.91. The Morgan fingerprint density at radius 2 is 2.25 bits per heavy atom. The van der Waals surface area contributed by atoms with Crippen molar-refractivity contribution in [1.29, 1.82) is 0 Å². The fraction of sp³-hybridized carbons (Fsp3) is 0.818. The molecule has 0 unspecified atom stereocenters. The molecule has 1 aliphatic rings. The number of hydrogen-bond donors (Lipinski definition) is 1. The van der Waals surface area contributed by atoms with Crippen molar-refractivity contribution in [2.45, 2.75) is 26.3 Å². The zero-order chi connectivity index (χ0) is 11.4. The number of aromatic nitrogens is 3. The van der Waals surface area contributed by atoms with E-state index in [2.05, 4.69) is 22.6 Å². The number of ether oxygens (including phenoxy) is 1. The number of nitrogens with zero attached hydrogens (tertiary/aromatic N) is 3. The fourth-order valence-corrected chi connectivity index (χ4v) is 2.01. The topological polar surface area (TPSA) is 52.0 Å². The third kappa shape index (κ3) is 3.02. The Bertz CT molecular complexity index is 330. The molecule has 0 radical (unpaired) electrons. The van der Waals surface area contributed by atoms with Gasteiger partial charge in [0.1, 0.15) is 0 Å². The highest BCUT2D eigenvalue weighted by Crippen LogP contribution is 2.28. The number of nitrogens with one attached hydrogen (secondary N) is 1. The summed E-state index contributed by atoms with van der Waals surface area (Å²) in [5.74, 6) is 0. The standard InChI is InChI=1S/C11H20N4O/c1-11(3-5-16-6-4-11)9-12-7-10-8-15(2)14-13-10/h8,12H,3-7,9H2,1-2H3. The van der Waals surface area contributed by atoms with Crippen LogP contribution in [0.1, 0.15) is 25.5 Å². The van der Waals surface area contributed by atoms with E-state index in [1.54, 1.807) is 4.68 Å². The van der Waals surface area contributed by atoms with Gasteiger partial charge in [-0.25, -0.2) is 0 Å². The molecular weight excluding hydrogens is 204 g/mol. The van der Waals surface area contributed by atoms with E-state index in [1.165, 1.54) is 0 Å². The average Bonchev–Trinajstić information content (AvgIpc) is 2.65. The molecule has 0 atom stereocenters. The summed E-state index contributed by atoms with van der Waals surface area (Å²) in [7, 11) is 1.89. The molecule has 0 saturated carbocycles. The van der Waals surface area contributed by atoms with Crippen molar-refractivity contribution in [3.05, 3.63) is 11.9 Å². The van der Waals surface area contributed by atoms with Gasteiger partial charge in [-0.1, -0.05) is 12.1 Å². The first kappa shape index (κ1) is 11.5. The Kier molecular flexibility index (Phi) is 3.56. The van der Waals surface area contributed by atoms with Crippen molar-refractivity contribution >= 4 is 0 Å². The molecule has 5 nitrogen and oxygen atoms in total. The molecule has 2 rings (SSSR count). The van der Waals surface area contributed by atoms with E-state index in [4.69, 9.17) is 4.74 Å². The molecule has 1 aliphatic heterocycles. The van der Waals surface area contributed by atoms with Crippen LogP contribution in [-0.2, 0) is 18.3 Å². The highest BCUT2D eigenvalue weighted by atomic mass is 16.5. The van der Waals surface area contributed by atoms with Crippen LogP contribution in [-0.4, -0.2) is 34.8 Å². The van der Waals surface area contributed by atoms with Crippen LogP contribution in [0.3, 0.4) is 0 Å². The lowest BCUT2D eigenvalue weighted by Gasteiger charge is -2.33. The third-order valence-electron chi connectivity index (χ3n) is 3.21. The molecule has 16 heavy (non-hydrogen) atoms. The van der Waals surface area contributed by atoms with Crippen molar-refractivity contribution in [2.75, 3.05) is 19.8 Å². The molecule has 0 spiro atoms. The molecule has 1 N–H and O–H groups in total. The Morgan fingerprint density at radius 1 is 1.50 bits per heavy atom. The molecule has 1 aromatic rings. The maximum atomic E-state index is 5.38. The second kappa shape index (κ2) is 4.93. The van der Waals surface area contributed by atoms with Gasteiger partial charge in [-0.2, -0.15) is 0 Å². The zero-order valence-electron chi connectivity index (χ0n) is 10.1. The molecule has 1 fully saturated rings. The highest BCUT2D eigenvalue weighted by Gasteiger charge is 2.26. The van der Waals surface area contributed by atoms with Crippen LogP contribution in [0.5, 0.6) is 0 Å². The van der Waals surface area contributed by atoms with E-state index in [9.17, 15) is 0 Å². The maximum absolute atomic E-state index is 5.38. The van der Waals surface area contributed by atoms with Gasteiger partial charge in [0, 0.05) is 39.5 Å². The Labute approximate surface area is 96.2 Å². The van der Waals surface area contributed by atoms with E-state index in [-0.39, 0.29) is 0 Å². The second-order valence-corrected chi connectivity index (χ2v) is 4.91. The van der Waals surface area contributed by atoms with E-state index in [1.807, 2.05) is 13.2 Å². The lowest BCUT2D eigenvalue weighted by molar-refractivity contribution is 0.0239. The zero-order valence-corrected chi connectivity index (χ0v) is 10.1. The van der Waals surface area contributed by atoms with Crippen molar-refractivity contribution in [1.82, 2.24) is 20.3 Å². The average molecular weight is 224 g/mol. The van der Waals surface area contributed by atoms with Gasteiger partial charge >= 0.3 is 0 Å². The van der Waals surface area contributed by atoms with Crippen LogP contribution >= 0.6 is 0 Å². The molecule has 0 aliphatic carbocycles. The van der Waals surface area contributed by atoms with Gasteiger partial charge in [-0.15, -0.1) is 5.10 Å². The van der Waals surface area contributed by atoms with Gasteiger partial charge in [0.05, 0.1) is 5.69 Å². The van der Waals surface area contributed by atoms with Crippen molar-refractivity contribution < 1.29 is 4.74 Å². The quantitative estimate of drug-likeness (QED) is 0.819. The normalized spacial score (nSPS) is 19.9. The summed E-state index contributed by atoms with van der Waals surface area (Å²) in [6.07, 6.45) is 4.22. The Hall–Kier alpha value is -0.940. The number of aryl methyl sites for hydroxylation is 1. The minimum atomic E-state index is 0.375. The lowest BCUT2D eigenvalue weighted by atomic mass is 9.82. The maximum Gasteiger partial charge on any atom is 0.0964 e. The molecule has 0 aromatic carbocycles. The van der Waals surface area contributed by atoms with Crippen LogP contribution in [0.25, 0.3) is 0 Å². The molecule has 5 heteroatoms. The second-order valence-electron chi connectivity index (χ2n) is 4.91. The summed E-state index contributed by atoms with van der Waals surface area (Å²) in [5.41, 5.74) is 1.37. The molecule has 1 aromatic heterocycles. The molecule has 0 bridgehead atoms. The monoisotopic (exact) mass is 224 g/mol. The summed E-state index contributed by atoms with van der Waals surface area (Å²) in [5, 5.41) is 11.4. The van der Waals surface area contributed by atoms with Crippen LogP contribution < -0.4 is 5.32 Å². The van der Waals surface area contributed by atoms with Gasteiger partial charge in [0.2, 0.25) is 0 Å². The lowest BCUT2D eigenvalue weighted by Crippen LogP contribution is -2.36. The van der Waals surface area contributed by atoms with Gasteiger partial charge in [-0.05, 0) is 18.3 Å². The first-order valence-electron chi connectivity index (χ1n) is 5.82. The summed E-state index contributed by atoms with van der Waals surface area (Å²) in [6.45, 7) is 5.92. The minimum absolute atomic E-state index is 0.375. The first-order valence-corrected chi connectivity index (χ1v) is 5.82. The van der Waals surface area contributed by atoms with Crippen LogP contribution in [0.15, 0.2) is 6.20 Å². The number of hydrogen-bond acceptors (Lipinski definition) is 4. The molecule has 2 heterocycles. The van der Waals surface area contributed by atoms with Crippen molar-refractivity contribution in [2.24, 2.45) is 12.5 Å². The Morgan fingerprint density at radius 3 is 2.88 bits per heavy atom. The van der Waals surface area contributed by atoms with Gasteiger partial charge in [0.15, 0.2) is 0 Å². The predicted molar refractivity (Wildman–Crippen MR) is 60.9 cm³/mol. The molecule has 1 saturated heterocycles. The molecular formula is C11H20N4O. The predicted octanol–water partition coefficient (Wildman–Crippen LogP) is 0.721. The molecule has 0 amide bonds. The van der Waals surface area contributed by atoms with Crippen LogP contribution in [0, 0.1) is 5.41 Å². The van der Waals surface area contributed by atoms with E-state index in [0.717, 1.165) is 44.8 Å². The van der Waals surface area contributed by atoms with Crippen molar-refractivity contribution in [3.8, 4) is 0 Å². The van der Waals surface area contributed by atoms with E-state index < -0.39 is 0 Å². The summed E-state index contributed by atoms with van der Waals surface area (Å²) in [4.78, 5) is 0. The van der Waals surface area contributed by atoms with Gasteiger partial charge < -0.3 is 10.1 Å². The summed E-state index contributed by atoms with van der Waals surface area (Å²) in [6, 6.07) is 0. The smallest absolute Gasteiger partial charge is 0.0964 e. The first-order chi connectivity index (χ1) is 7.68. The largest absolute Gasteiger partial charge is 0.381 e. The summed E-state index contributed by atoms with van der Waals surface area (Å²) < 4.78 is 7.11. The van der Waals surface area contributed by atoms with Crippen molar-refractivity contribution in [3.63, 3.8) is 0 Å². The van der Waals surface area contributed by atoms with E-state index in [0.29, 0.717) is 5.41 Å². The third-order valence-corrected chi connectivity index (χ3v) is 3.21. The fourth-order valence-electron chi connectivity index (χ4n) is 2.01.